The van der Waals surface area contributed by atoms with Gasteiger partial charge in [0.25, 0.3) is 0 Å². The van der Waals surface area contributed by atoms with E-state index in [0.717, 1.165) is 23.3 Å². The highest BCUT2D eigenvalue weighted by atomic mass is 16.5. The molecule has 1 aliphatic heterocycles. The zero-order valence-corrected chi connectivity index (χ0v) is 15.9. The van der Waals surface area contributed by atoms with Crippen molar-refractivity contribution in [3.8, 4) is 11.4 Å². The third-order valence-corrected chi connectivity index (χ3v) is 4.93. The third-order valence-electron chi connectivity index (χ3n) is 4.93. The van der Waals surface area contributed by atoms with Crippen molar-refractivity contribution in [3.63, 3.8) is 0 Å². The van der Waals surface area contributed by atoms with Gasteiger partial charge < -0.3 is 15.2 Å². The average Bonchev–Trinajstić information content (AvgIpc) is 3.06. The Bertz CT molecular complexity index is 930. The van der Waals surface area contributed by atoms with E-state index in [1.54, 1.807) is 6.20 Å². The molecule has 7 heteroatoms. The van der Waals surface area contributed by atoms with E-state index in [-0.39, 0.29) is 11.5 Å². The SMILES string of the molecule is CC(C)(C)c1ccc(-c2ccc3cnc(N[C@@H]4CCOC[C@H]4O)nn23)nc1. The summed E-state index contributed by atoms with van der Waals surface area (Å²) in [5.41, 5.74) is 3.92. The van der Waals surface area contributed by atoms with Crippen LogP contribution in [0.1, 0.15) is 32.8 Å². The molecule has 1 aliphatic rings. The van der Waals surface area contributed by atoms with Crippen molar-refractivity contribution in [1.29, 1.82) is 0 Å². The summed E-state index contributed by atoms with van der Waals surface area (Å²) in [4.78, 5) is 9.01. The Hall–Kier alpha value is -2.51. The zero-order chi connectivity index (χ0) is 19.0. The number of anilines is 1. The van der Waals surface area contributed by atoms with Gasteiger partial charge in [0.2, 0.25) is 5.95 Å². The van der Waals surface area contributed by atoms with E-state index in [2.05, 4.69) is 47.2 Å². The number of hydrogen-bond donors (Lipinski definition) is 2. The van der Waals surface area contributed by atoms with Crippen LogP contribution in [-0.4, -0.2) is 50.0 Å². The minimum Gasteiger partial charge on any atom is -0.389 e. The van der Waals surface area contributed by atoms with E-state index in [1.165, 1.54) is 5.56 Å². The maximum absolute atomic E-state index is 10.1. The van der Waals surface area contributed by atoms with E-state index < -0.39 is 6.10 Å². The number of rotatable bonds is 3. The number of ether oxygens (including phenoxy) is 1. The summed E-state index contributed by atoms with van der Waals surface area (Å²) in [6, 6.07) is 8.00. The van der Waals surface area contributed by atoms with Gasteiger partial charge in [-0.15, -0.1) is 5.10 Å². The Balaban J connectivity index is 1.64. The predicted molar refractivity (Wildman–Crippen MR) is 104 cm³/mol. The third kappa shape index (κ3) is 3.65. The van der Waals surface area contributed by atoms with E-state index >= 15 is 0 Å². The maximum atomic E-state index is 10.1. The molecule has 0 saturated carbocycles. The molecule has 3 aromatic rings. The molecule has 2 atom stereocenters. The first-order chi connectivity index (χ1) is 12.9. The van der Waals surface area contributed by atoms with Gasteiger partial charge in [-0.1, -0.05) is 26.8 Å². The number of nitrogens with one attached hydrogen (secondary N) is 1. The smallest absolute Gasteiger partial charge is 0.241 e. The largest absolute Gasteiger partial charge is 0.389 e. The van der Waals surface area contributed by atoms with Crippen LogP contribution in [0, 0.1) is 0 Å². The minimum absolute atomic E-state index is 0.0660. The summed E-state index contributed by atoms with van der Waals surface area (Å²) in [6.07, 6.45) is 3.85. The number of aliphatic hydroxyl groups excluding tert-OH is 1. The van der Waals surface area contributed by atoms with Crippen molar-refractivity contribution < 1.29 is 9.84 Å². The lowest BCUT2D eigenvalue weighted by Gasteiger charge is -2.28. The number of hydrogen-bond acceptors (Lipinski definition) is 6. The van der Waals surface area contributed by atoms with Crippen LogP contribution < -0.4 is 5.32 Å². The summed E-state index contributed by atoms with van der Waals surface area (Å²) in [6.45, 7) is 7.47. The van der Waals surface area contributed by atoms with Gasteiger partial charge in [0.05, 0.1) is 41.9 Å². The zero-order valence-electron chi connectivity index (χ0n) is 15.9. The number of nitrogens with zero attached hydrogens (tertiary/aromatic N) is 4. The van der Waals surface area contributed by atoms with Crippen molar-refractivity contribution in [2.24, 2.45) is 0 Å². The van der Waals surface area contributed by atoms with Crippen LogP contribution in [0.5, 0.6) is 0 Å². The van der Waals surface area contributed by atoms with Crippen molar-refractivity contribution in [2.75, 3.05) is 18.5 Å². The van der Waals surface area contributed by atoms with Gasteiger partial charge in [-0.05, 0) is 35.6 Å². The summed E-state index contributed by atoms with van der Waals surface area (Å²) in [5, 5.41) is 17.9. The van der Waals surface area contributed by atoms with Crippen molar-refractivity contribution >= 4 is 11.5 Å². The lowest BCUT2D eigenvalue weighted by molar-refractivity contribution is -0.0136. The lowest BCUT2D eigenvalue weighted by Crippen LogP contribution is -2.42. The van der Waals surface area contributed by atoms with Crippen LogP contribution in [-0.2, 0) is 10.2 Å². The lowest BCUT2D eigenvalue weighted by atomic mass is 9.88. The first-order valence-electron chi connectivity index (χ1n) is 9.26. The molecule has 4 heterocycles. The molecule has 0 amide bonds. The molecule has 0 spiro atoms. The highest BCUT2D eigenvalue weighted by Crippen LogP contribution is 2.25. The second-order valence-corrected chi connectivity index (χ2v) is 8.00. The Labute approximate surface area is 158 Å². The van der Waals surface area contributed by atoms with Gasteiger partial charge in [-0.3, -0.25) is 4.98 Å². The van der Waals surface area contributed by atoms with Crippen LogP contribution >= 0.6 is 0 Å². The molecular weight excluding hydrogens is 342 g/mol. The summed E-state index contributed by atoms with van der Waals surface area (Å²) in [5.74, 6) is 0.484. The number of aromatic nitrogens is 4. The molecule has 0 unspecified atom stereocenters. The Kier molecular flexibility index (Phi) is 4.57. The van der Waals surface area contributed by atoms with Crippen LogP contribution in [0.25, 0.3) is 16.9 Å². The van der Waals surface area contributed by atoms with Gasteiger partial charge >= 0.3 is 0 Å². The Morgan fingerprint density at radius 1 is 1.15 bits per heavy atom. The second-order valence-electron chi connectivity index (χ2n) is 8.00. The predicted octanol–water partition coefficient (Wildman–Crippen LogP) is 2.65. The molecule has 7 nitrogen and oxygen atoms in total. The van der Waals surface area contributed by atoms with E-state index in [1.807, 2.05) is 28.9 Å². The molecule has 0 radical (unpaired) electrons. The van der Waals surface area contributed by atoms with Crippen molar-refractivity contribution in [2.45, 2.75) is 44.8 Å². The fourth-order valence-electron chi connectivity index (χ4n) is 3.21. The summed E-state index contributed by atoms with van der Waals surface area (Å²) >= 11 is 0. The van der Waals surface area contributed by atoms with Gasteiger partial charge in [0.1, 0.15) is 0 Å². The molecule has 3 aromatic heterocycles. The quantitative estimate of drug-likeness (QED) is 0.740. The standard InChI is InChI=1S/C20H25N5O2/c1-20(2,3)13-4-6-15(21-10-13)17-7-5-14-11-22-19(24-25(14)17)23-16-8-9-27-12-18(16)26/h4-7,10-11,16,18,26H,8-9,12H2,1-3H3,(H,23,24)/t16-,18-/m1/s1. The molecule has 1 fully saturated rings. The van der Waals surface area contributed by atoms with E-state index in [9.17, 15) is 5.11 Å². The van der Waals surface area contributed by atoms with Gasteiger partial charge in [-0.2, -0.15) is 0 Å². The fraction of sp³-hybridized carbons (Fsp3) is 0.450. The molecule has 2 N–H and O–H groups in total. The minimum atomic E-state index is -0.561. The first-order valence-corrected chi connectivity index (χ1v) is 9.26. The maximum Gasteiger partial charge on any atom is 0.241 e. The Morgan fingerprint density at radius 2 is 2.00 bits per heavy atom. The van der Waals surface area contributed by atoms with Crippen LogP contribution in [0.15, 0.2) is 36.7 Å². The first kappa shape index (κ1) is 17.9. The number of pyridine rings is 1. The van der Waals surface area contributed by atoms with Gasteiger partial charge in [-0.25, -0.2) is 9.50 Å². The number of aliphatic hydroxyl groups is 1. The molecule has 0 aliphatic carbocycles. The number of fused-ring (bicyclic) bond motifs is 1. The molecule has 27 heavy (non-hydrogen) atoms. The average molecular weight is 367 g/mol. The normalized spacial score (nSPS) is 20.7. The van der Waals surface area contributed by atoms with Crippen LogP contribution in [0.3, 0.4) is 0 Å². The molecule has 4 rings (SSSR count). The highest BCUT2D eigenvalue weighted by Gasteiger charge is 2.24. The topological polar surface area (TPSA) is 84.6 Å². The van der Waals surface area contributed by atoms with Crippen LogP contribution in [0.2, 0.25) is 0 Å². The van der Waals surface area contributed by atoms with Crippen LogP contribution in [0.4, 0.5) is 5.95 Å². The van der Waals surface area contributed by atoms with Crippen molar-refractivity contribution in [3.05, 3.63) is 42.2 Å². The van der Waals surface area contributed by atoms with Gasteiger partial charge in [0, 0.05) is 12.8 Å². The molecule has 0 aromatic carbocycles. The summed E-state index contributed by atoms with van der Waals surface area (Å²) < 4.78 is 7.11. The van der Waals surface area contributed by atoms with Gasteiger partial charge in [0.15, 0.2) is 0 Å². The fourth-order valence-corrected chi connectivity index (χ4v) is 3.21. The van der Waals surface area contributed by atoms with Crippen molar-refractivity contribution in [1.82, 2.24) is 19.6 Å². The van der Waals surface area contributed by atoms with E-state index in [0.29, 0.717) is 19.2 Å². The molecule has 1 saturated heterocycles. The van der Waals surface area contributed by atoms with E-state index in [4.69, 9.17) is 4.74 Å². The monoisotopic (exact) mass is 367 g/mol. The molecule has 142 valence electrons. The summed E-state index contributed by atoms with van der Waals surface area (Å²) in [7, 11) is 0. The molecule has 0 bridgehead atoms. The second kappa shape index (κ2) is 6.90. The highest BCUT2D eigenvalue weighted by molar-refractivity contribution is 5.63. The molecular formula is C20H25N5O2. The Morgan fingerprint density at radius 3 is 2.70 bits per heavy atom.